The second-order valence-corrected chi connectivity index (χ2v) is 16.0. The summed E-state index contributed by atoms with van der Waals surface area (Å²) in [5.74, 6) is -7.12. The molecule has 64 heavy (non-hydrogen) atoms. The minimum atomic E-state index is -3.13. The predicted molar refractivity (Wildman–Crippen MR) is 205 cm³/mol. The van der Waals surface area contributed by atoms with Crippen molar-refractivity contribution in [2.75, 3.05) is 26.9 Å². The molecule has 26 nitrogen and oxygen atoms in total. The lowest BCUT2D eigenvalue weighted by molar-refractivity contribution is -0.385. The van der Waals surface area contributed by atoms with Gasteiger partial charge in [0, 0.05) is 18.9 Å². The molecule has 2 amide bonds. The number of carbonyl (C=O) groups is 3. The maximum absolute atomic E-state index is 13.8. The smallest absolute Gasteiger partial charge is 0.364 e. The number of carbonyl (C=O) groups excluding carboxylic acids is 2. The Balaban J connectivity index is 1.52. The Morgan fingerprint density at radius 1 is 0.797 bits per heavy atom. The fourth-order valence-corrected chi connectivity index (χ4v) is 8.06. The van der Waals surface area contributed by atoms with Crippen LogP contribution in [-0.2, 0) is 42.7 Å². The van der Waals surface area contributed by atoms with Gasteiger partial charge in [0.1, 0.15) is 79.4 Å². The molecule has 0 saturated carbocycles. The van der Waals surface area contributed by atoms with Crippen molar-refractivity contribution >= 4 is 17.8 Å². The number of phenols is 1. The van der Waals surface area contributed by atoms with Crippen LogP contribution in [0.15, 0.2) is 18.2 Å². The summed E-state index contributed by atoms with van der Waals surface area (Å²) in [6.07, 6.45) is -34.1. The molecule has 0 bridgehead atoms. The summed E-state index contributed by atoms with van der Waals surface area (Å²) in [5.41, 5.74) is -0.0549. The van der Waals surface area contributed by atoms with Gasteiger partial charge in [-0.1, -0.05) is 0 Å². The molecule has 0 aliphatic carbocycles. The highest BCUT2D eigenvalue weighted by molar-refractivity contribution is 5.95. The second-order valence-electron chi connectivity index (χ2n) is 16.0. The summed E-state index contributed by atoms with van der Waals surface area (Å²) >= 11 is 0. The van der Waals surface area contributed by atoms with Crippen LogP contribution in [0.25, 0.3) is 0 Å². The molecule has 4 aliphatic rings. The molecule has 1 aromatic carbocycles. The average Bonchev–Trinajstić information content (AvgIpc) is 3.26. The topological polar surface area (TPSA) is 412 Å². The van der Waals surface area contributed by atoms with Gasteiger partial charge in [-0.2, -0.15) is 0 Å². The molecule has 4 saturated heterocycles. The number of rotatable bonds is 16. The first-order chi connectivity index (χ1) is 30.1. The van der Waals surface area contributed by atoms with Crippen molar-refractivity contribution < 1.29 is 119 Å². The molecule has 26 heteroatoms. The summed E-state index contributed by atoms with van der Waals surface area (Å²) < 4.78 is 46.3. The maximum Gasteiger partial charge on any atom is 0.364 e. The van der Waals surface area contributed by atoms with Crippen LogP contribution in [0.2, 0.25) is 0 Å². The highest BCUT2D eigenvalue weighted by Crippen LogP contribution is 2.39. The molecule has 5 rings (SSSR count). The van der Waals surface area contributed by atoms with Crippen LogP contribution in [-0.4, -0.2) is 239 Å². The van der Waals surface area contributed by atoms with Crippen LogP contribution < -0.4 is 15.4 Å². The van der Waals surface area contributed by atoms with E-state index in [0.29, 0.717) is 0 Å². The third-order valence-electron chi connectivity index (χ3n) is 11.6. The lowest BCUT2D eigenvalue weighted by atomic mass is 9.88. The monoisotopic (exact) mass is 926 g/mol. The van der Waals surface area contributed by atoms with E-state index in [1.54, 1.807) is 0 Å². The van der Waals surface area contributed by atoms with Gasteiger partial charge in [0.05, 0.1) is 57.3 Å². The minimum absolute atomic E-state index is 0.0549. The van der Waals surface area contributed by atoms with Gasteiger partial charge in [-0.15, -0.1) is 0 Å². The van der Waals surface area contributed by atoms with E-state index in [0.717, 1.165) is 6.92 Å². The van der Waals surface area contributed by atoms with Gasteiger partial charge in [-0.25, -0.2) is 4.79 Å². The first kappa shape index (κ1) is 51.5. The van der Waals surface area contributed by atoms with E-state index in [-0.39, 0.29) is 17.1 Å². The Morgan fingerprint density at radius 2 is 1.44 bits per heavy atom. The van der Waals surface area contributed by atoms with Crippen LogP contribution in [0, 0.1) is 0 Å². The average molecular weight is 927 g/mol. The highest BCUT2D eigenvalue weighted by Gasteiger charge is 2.60. The predicted octanol–water partition coefficient (Wildman–Crippen LogP) is -7.15. The Bertz CT molecular complexity index is 1750. The molecule has 0 spiro atoms. The Labute approximate surface area is 364 Å². The number of aliphatic hydroxyl groups excluding tert-OH is 11. The van der Waals surface area contributed by atoms with Crippen LogP contribution in [0.4, 0.5) is 0 Å². The zero-order valence-corrected chi connectivity index (χ0v) is 34.9. The number of carboxylic acid groups (broad SMARTS) is 1. The number of aliphatic carboxylic acids is 1. The first-order valence-corrected chi connectivity index (χ1v) is 20.2. The van der Waals surface area contributed by atoms with Gasteiger partial charge < -0.3 is 115 Å². The maximum atomic E-state index is 13.8. The molecule has 4 fully saturated rings. The molecule has 0 radical (unpaired) electrons. The molecule has 4 heterocycles. The first-order valence-electron chi connectivity index (χ1n) is 20.2. The van der Waals surface area contributed by atoms with Crippen LogP contribution >= 0.6 is 0 Å². The van der Waals surface area contributed by atoms with E-state index < -0.39 is 172 Å². The van der Waals surface area contributed by atoms with Crippen molar-refractivity contribution in [3.05, 3.63) is 23.8 Å². The number of ether oxygens (including phenoxy) is 8. The highest BCUT2D eigenvalue weighted by atomic mass is 16.8. The number of amides is 2. The number of aliphatic hydroxyl groups is 11. The molecule has 21 atom stereocenters. The lowest BCUT2D eigenvalue weighted by Crippen LogP contribution is -2.71. The van der Waals surface area contributed by atoms with E-state index >= 15 is 0 Å². The van der Waals surface area contributed by atoms with Crippen LogP contribution in [0.3, 0.4) is 0 Å². The molecule has 0 aromatic heterocycles. The van der Waals surface area contributed by atoms with Gasteiger partial charge in [0.2, 0.25) is 5.91 Å². The molecule has 1 aromatic rings. The molecular weight excluding hydrogens is 868 g/mol. The van der Waals surface area contributed by atoms with Gasteiger partial charge in [-0.05, 0) is 32.0 Å². The third kappa shape index (κ3) is 10.7. The van der Waals surface area contributed by atoms with Crippen molar-refractivity contribution in [1.82, 2.24) is 10.6 Å². The largest absolute Gasteiger partial charge is 0.504 e. The number of aromatic hydroxyl groups is 1. The fourth-order valence-electron chi connectivity index (χ4n) is 8.06. The molecular formula is C38H58N2O24. The van der Waals surface area contributed by atoms with Crippen LogP contribution in [0.5, 0.6) is 11.5 Å². The van der Waals surface area contributed by atoms with Crippen molar-refractivity contribution in [3.63, 3.8) is 0 Å². The summed E-state index contributed by atoms with van der Waals surface area (Å²) in [5, 5.41) is 143. The fraction of sp³-hybridized carbons (Fsp3) is 0.763. The molecule has 15 N–H and O–H groups in total. The van der Waals surface area contributed by atoms with Gasteiger partial charge in [-0.3, -0.25) is 9.59 Å². The Morgan fingerprint density at radius 3 is 2.03 bits per heavy atom. The number of benzene rings is 1. The number of carboxylic acids is 1. The number of hydrogen-bond acceptors (Lipinski definition) is 23. The van der Waals surface area contributed by atoms with Gasteiger partial charge in [0.25, 0.3) is 11.7 Å². The second kappa shape index (κ2) is 21.4. The summed E-state index contributed by atoms with van der Waals surface area (Å²) in [7, 11) is 1.25. The normalized spacial score (nSPS) is 41.4. The summed E-state index contributed by atoms with van der Waals surface area (Å²) in [6, 6.07) is 0.650. The Hall–Kier alpha value is -3.49. The standard InChI is InChI=1S/C38H58N2O24/c1-12-22(40-34(54)15-5-6-16(45)19(7-15)57-4)32(62-35-28(52)27(51)24(48)13(2)59-35)30(21(11-43)58-12)61-36-29(53)33(26(50)20(10-42)60-36)64-38(37(55)56)8-17(46)23(39-14(3)44)31(63-38)25(49)18(47)9-41/h5-7,12-13,17-18,20-33,35-36,41-43,45-53H,8-11H2,1-4H3,(H,39,44)(H,40,54)(H,55,56)/t12-,13?,17?,18+,20?,21?,22?,23+,24-,25+,26+,27?,28-,29?,30-,31?,32+,33?,35-,36+,38-/m0/s1. The van der Waals surface area contributed by atoms with E-state index in [9.17, 15) is 80.8 Å². The van der Waals surface area contributed by atoms with Crippen molar-refractivity contribution in [3.8, 4) is 11.5 Å². The van der Waals surface area contributed by atoms with E-state index in [1.807, 2.05) is 0 Å². The van der Waals surface area contributed by atoms with Crippen molar-refractivity contribution in [2.45, 2.75) is 155 Å². The summed E-state index contributed by atoms with van der Waals surface area (Å²) in [4.78, 5) is 38.8. The minimum Gasteiger partial charge on any atom is -0.504 e. The van der Waals surface area contributed by atoms with Crippen molar-refractivity contribution in [2.24, 2.45) is 0 Å². The molecule has 9 unspecified atom stereocenters. The van der Waals surface area contributed by atoms with Crippen LogP contribution in [0.1, 0.15) is 37.6 Å². The number of hydrogen-bond donors (Lipinski definition) is 15. The van der Waals surface area contributed by atoms with Gasteiger partial charge in [0.15, 0.2) is 24.1 Å². The Kier molecular flexibility index (Phi) is 17.2. The van der Waals surface area contributed by atoms with E-state index in [1.165, 1.54) is 39.2 Å². The third-order valence-corrected chi connectivity index (χ3v) is 11.6. The SMILES string of the molecule is COc1cc(C(=O)NC2[C@H](C)OC(CO)[C@H](O[C@H]3OC(CO)[C@@H](O)C(O[C@]4(C(=O)O)CC(O)[C@@H](NC(C)=O)C([C@H](O)[C@H](O)CO)O4)C3O)[C@@H]2O[C@@H]2OC(C)[C@H](O)C(O)[C@@H]2O)ccc1O. The zero-order valence-electron chi connectivity index (χ0n) is 34.9. The zero-order chi connectivity index (χ0) is 47.5. The lowest BCUT2D eigenvalue weighted by Gasteiger charge is -2.51. The quantitative estimate of drug-likeness (QED) is 0.0732. The van der Waals surface area contributed by atoms with E-state index in [4.69, 9.17) is 37.9 Å². The number of nitrogens with one attached hydrogen (secondary N) is 2. The van der Waals surface area contributed by atoms with E-state index in [2.05, 4.69) is 10.6 Å². The number of phenolic OH excluding ortho intramolecular Hbond substituents is 1. The molecule has 4 aliphatic heterocycles. The summed E-state index contributed by atoms with van der Waals surface area (Å²) in [6.45, 7) is 0.810. The molecule has 364 valence electrons. The van der Waals surface area contributed by atoms with Gasteiger partial charge >= 0.3 is 5.97 Å². The van der Waals surface area contributed by atoms with Crippen molar-refractivity contribution in [1.29, 1.82) is 0 Å². The number of methoxy groups -OCH3 is 1.